The van der Waals surface area contributed by atoms with Crippen molar-refractivity contribution in [2.24, 2.45) is 10.7 Å². The van der Waals surface area contributed by atoms with Crippen molar-refractivity contribution in [3.8, 4) is 5.88 Å². The number of anilines is 1. The van der Waals surface area contributed by atoms with Gasteiger partial charge >= 0.3 is 6.18 Å². The molecule has 0 fully saturated rings. The predicted octanol–water partition coefficient (Wildman–Crippen LogP) is 3.39. The number of nitrogens with one attached hydrogen (secondary N) is 1. The summed E-state index contributed by atoms with van der Waals surface area (Å²) in [5, 5.41) is 2.35. The molecule has 3 rings (SSSR count). The van der Waals surface area contributed by atoms with E-state index in [-0.39, 0.29) is 11.3 Å². The Morgan fingerprint density at radius 2 is 2.03 bits per heavy atom. The van der Waals surface area contributed by atoms with Crippen LogP contribution in [-0.4, -0.2) is 47.2 Å². The number of amidine groups is 1. The summed E-state index contributed by atoms with van der Waals surface area (Å²) in [4.78, 5) is 23.8. The molecular formula is C19H17F6N5O3. The molecule has 1 amide bonds. The summed E-state index contributed by atoms with van der Waals surface area (Å²) < 4.78 is 88.4. The molecule has 1 aromatic heterocycles. The Morgan fingerprint density at radius 1 is 1.33 bits per heavy atom. The zero-order chi connectivity index (χ0) is 24.4. The molecule has 33 heavy (non-hydrogen) atoms. The van der Waals surface area contributed by atoms with Gasteiger partial charge in [0.1, 0.15) is 5.82 Å². The average molecular weight is 477 g/mol. The Balaban J connectivity index is 1.89. The fraction of sp³-hybridized carbons (Fsp3) is 0.368. The van der Waals surface area contributed by atoms with Gasteiger partial charge in [0.2, 0.25) is 5.88 Å². The third-order valence-corrected chi connectivity index (χ3v) is 4.60. The Labute approximate surface area is 182 Å². The summed E-state index contributed by atoms with van der Waals surface area (Å²) in [6.45, 7) is 0.212. The molecule has 0 spiro atoms. The molecule has 0 unspecified atom stereocenters. The quantitative estimate of drug-likeness (QED) is 0.617. The van der Waals surface area contributed by atoms with Crippen molar-refractivity contribution in [2.75, 3.05) is 11.9 Å². The number of benzene rings is 1. The molecule has 178 valence electrons. The average Bonchev–Trinajstić information content (AvgIpc) is 2.72. The number of alkyl halides is 5. The molecular weight excluding hydrogens is 460 g/mol. The third-order valence-electron chi connectivity index (χ3n) is 4.60. The van der Waals surface area contributed by atoms with Gasteiger partial charge in [-0.15, -0.1) is 0 Å². The first-order valence-corrected chi connectivity index (χ1v) is 9.31. The van der Waals surface area contributed by atoms with Gasteiger partial charge in [0.25, 0.3) is 18.4 Å². The summed E-state index contributed by atoms with van der Waals surface area (Å²) in [5.41, 5.74) is 2.89. The highest BCUT2D eigenvalue weighted by molar-refractivity contribution is 6.04. The van der Waals surface area contributed by atoms with Crippen LogP contribution in [0.15, 0.2) is 35.6 Å². The summed E-state index contributed by atoms with van der Waals surface area (Å²) in [6, 6.07) is 2.38. The lowest BCUT2D eigenvalue weighted by atomic mass is 9.85. The van der Waals surface area contributed by atoms with Crippen LogP contribution in [-0.2, 0) is 10.3 Å². The van der Waals surface area contributed by atoms with E-state index in [9.17, 15) is 31.1 Å². The lowest BCUT2D eigenvalue weighted by Gasteiger charge is -2.36. The Bertz CT molecular complexity index is 1060. The summed E-state index contributed by atoms with van der Waals surface area (Å²) >= 11 is 0. The first-order chi connectivity index (χ1) is 15.4. The largest absolute Gasteiger partial charge is 0.470 e. The molecule has 1 aromatic carbocycles. The van der Waals surface area contributed by atoms with Crippen molar-refractivity contribution in [2.45, 2.75) is 37.6 Å². The second kappa shape index (κ2) is 9.11. The van der Waals surface area contributed by atoms with Gasteiger partial charge in [-0.25, -0.2) is 28.1 Å². The number of nitrogens with two attached hydrogens (primary N) is 1. The van der Waals surface area contributed by atoms with Crippen molar-refractivity contribution >= 4 is 17.6 Å². The molecule has 0 saturated heterocycles. The lowest BCUT2D eigenvalue weighted by Crippen LogP contribution is -2.46. The molecule has 1 aliphatic rings. The Kier molecular flexibility index (Phi) is 6.65. The van der Waals surface area contributed by atoms with Gasteiger partial charge in [-0.05, 0) is 25.1 Å². The van der Waals surface area contributed by atoms with Gasteiger partial charge in [-0.2, -0.15) is 13.2 Å². The fourth-order valence-corrected chi connectivity index (χ4v) is 3.15. The number of aliphatic imine (C=N–C) groups is 1. The van der Waals surface area contributed by atoms with Crippen LogP contribution >= 0.6 is 0 Å². The molecule has 0 radical (unpaired) electrons. The molecule has 0 bridgehead atoms. The first-order valence-electron chi connectivity index (χ1n) is 9.31. The van der Waals surface area contributed by atoms with E-state index in [2.05, 4.69) is 25.0 Å². The summed E-state index contributed by atoms with van der Waals surface area (Å²) in [5.74, 6) is -2.28. The molecule has 2 atom stereocenters. The van der Waals surface area contributed by atoms with Crippen molar-refractivity contribution in [1.29, 1.82) is 0 Å². The highest BCUT2D eigenvalue weighted by Crippen LogP contribution is 2.41. The molecule has 2 aromatic rings. The van der Waals surface area contributed by atoms with Crippen LogP contribution in [0.2, 0.25) is 0 Å². The minimum atomic E-state index is -4.77. The summed E-state index contributed by atoms with van der Waals surface area (Å²) in [7, 11) is 0. The van der Waals surface area contributed by atoms with Crippen molar-refractivity contribution < 1.29 is 40.6 Å². The molecule has 3 N–H and O–H groups in total. The van der Waals surface area contributed by atoms with Crippen molar-refractivity contribution in [1.82, 2.24) is 9.97 Å². The number of amides is 1. The maximum absolute atomic E-state index is 14.6. The SMILES string of the molecule is C[C@@]1(c2cc(NC(=O)c3nccnc3OCC(F)F)ccc2F)C[C@@H](C(F)(F)F)OC(N)=N1. The maximum atomic E-state index is 14.6. The Hall–Kier alpha value is -3.58. The highest BCUT2D eigenvalue weighted by Gasteiger charge is 2.50. The molecule has 14 heteroatoms. The number of hydrogen-bond donors (Lipinski definition) is 2. The number of aromatic nitrogens is 2. The number of carbonyl (C=O) groups is 1. The third kappa shape index (κ3) is 5.62. The topological polar surface area (TPSA) is 112 Å². The predicted molar refractivity (Wildman–Crippen MR) is 102 cm³/mol. The summed E-state index contributed by atoms with van der Waals surface area (Å²) in [6.07, 6.45) is -8.42. The van der Waals surface area contributed by atoms with E-state index in [0.29, 0.717) is 0 Å². The van der Waals surface area contributed by atoms with Gasteiger partial charge in [-0.1, -0.05) is 0 Å². The van der Waals surface area contributed by atoms with Gasteiger partial charge in [0, 0.05) is 30.1 Å². The number of carbonyl (C=O) groups excluding carboxylic acids is 1. The van der Waals surface area contributed by atoms with Crippen LogP contribution in [0, 0.1) is 5.82 Å². The number of hydrogen-bond acceptors (Lipinski definition) is 7. The van der Waals surface area contributed by atoms with Gasteiger partial charge in [-0.3, -0.25) is 4.79 Å². The molecule has 1 aliphatic heterocycles. The van der Waals surface area contributed by atoms with E-state index in [0.717, 1.165) is 30.6 Å². The fourth-order valence-electron chi connectivity index (χ4n) is 3.15. The molecule has 0 saturated carbocycles. The maximum Gasteiger partial charge on any atom is 0.425 e. The number of halogens is 6. The lowest BCUT2D eigenvalue weighted by molar-refractivity contribution is -0.208. The second-order valence-electron chi connectivity index (χ2n) is 7.14. The van der Waals surface area contributed by atoms with E-state index in [1.807, 2.05) is 0 Å². The van der Waals surface area contributed by atoms with Crippen LogP contribution in [0.5, 0.6) is 5.88 Å². The van der Waals surface area contributed by atoms with Crippen LogP contribution in [0.3, 0.4) is 0 Å². The van der Waals surface area contributed by atoms with Crippen LogP contribution < -0.4 is 15.8 Å². The molecule has 8 nitrogen and oxygen atoms in total. The zero-order valence-electron chi connectivity index (χ0n) is 16.9. The van der Waals surface area contributed by atoms with E-state index >= 15 is 0 Å². The van der Waals surface area contributed by atoms with Crippen LogP contribution in [0.25, 0.3) is 0 Å². The van der Waals surface area contributed by atoms with E-state index in [1.165, 1.54) is 6.92 Å². The highest BCUT2D eigenvalue weighted by atomic mass is 19.4. The molecule has 0 aliphatic carbocycles. The smallest absolute Gasteiger partial charge is 0.425 e. The van der Waals surface area contributed by atoms with E-state index in [1.54, 1.807) is 0 Å². The normalized spacial score (nSPS) is 20.7. The zero-order valence-corrected chi connectivity index (χ0v) is 16.9. The van der Waals surface area contributed by atoms with Crippen molar-refractivity contribution in [3.63, 3.8) is 0 Å². The van der Waals surface area contributed by atoms with Gasteiger partial charge < -0.3 is 20.5 Å². The minimum Gasteiger partial charge on any atom is -0.470 e. The number of ether oxygens (including phenoxy) is 2. The van der Waals surface area contributed by atoms with E-state index < -0.39 is 66.6 Å². The first kappa shape index (κ1) is 24.1. The number of nitrogens with zero attached hydrogens (tertiary/aromatic N) is 3. The van der Waals surface area contributed by atoms with Crippen molar-refractivity contribution in [3.05, 3.63) is 47.7 Å². The monoisotopic (exact) mass is 477 g/mol. The Morgan fingerprint density at radius 3 is 2.70 bits per heavy atom. The number of rotatable bonds is 6. The van der Waals surface area contributed by atoms with Gasteiger partial charge in [0.05, 0.1) is 5.54 Å². The molecule has 2 heterocycles. The minimum absolute atomic E-state index is 0.0353. The van der Waals surface area contributed by atoms with Crippen LogP contribution in [0.4, 0.5) is 32.0 Å². The van der Waals surface area contributed by atoms with Gasteiger partial charge in [0.15, 0.2) is 18.4 Å². The second-order valence-corrected chi connectivity index (χ2v) is 7.14. The van der Waals surface area contributed by atoms with Crippen LogP contribution in [0.1, 0.15) is 29.4 Å². The standard InChI is InChI=1S/C19H17F6N5O3/c1-18(7-12(19(23,24)25)33-17(26)30-18)10-6-9(2-3-11(10)20)29-15(31)14-16(28-5-4-27-14)32-8-13(21)22/h2-6,12-13H,7-8H2,1H3,(H2,26,30)(H,29,31)/t12-,18-/m0/s1. The van der Waals surface area contributed by atoms with E-state index in [4.69, 9.17) is 10.5 Å².